The first-order valence-electron chi connectivity index (χ1n) is 9.38. The van der Waals surface area contributed by atoms with Crippen molar-refractivity contribution in [3.8, 4) is 11.3 Å². The second kappa shape index (κ2) is 7.75. The van der Waals surface area contributed by atoms with E-state index in [-0.39, 0.29) is 29.2 Å². The number of carbonyl (C=O) groups excluding carboxylic acids is 1. The minimum Gasteiger partial charge on any atom is -0.299 e. The number of benzene rings is 1. The fourth-order valence-corrected chi connectivity index (χ4v) is 5.42. The lowest BCUT2D eigenvalue weighted by Gasteiger charge is -2.24. The molecular weight excluding hydrogens is 455 g/mol. The maximum atomic E-state index is 13.6. The van der Waals surface area contributed by atoms with Crippen LogP contribution in [0.5, 0.6) is 0 Å². The lowest BCUT2D eigenvalue weighted by atomic mass is 9.82. The van der Waals surface area contributed by atoms with E-state index < -0.39 is 44.4 Å². The van der Waals surface area contributed by atoms with E-state index in [4.69, 9.17) is 11.6 Å². The van der Waals surface area contributed by atoms with Crippen molar-refractivity contribution in [2.75, 3.05) is 18.5 Å². The summed E-state index contributed by atoms with van der Waals surface area (Å²) in [6, 6.07) is 5.91. The zero-order valence-corrected chi connectivity index (χ0v) is 18.8. The molecule has 0 aliphatic carbocycles. The van der Waals surface area contributed by atoms with Gasteiger partial charge in [0.05, 0.1) is 17.5 Å². The zero-order valence-electron chi connectivity index (χ0n) is 17.3. The maximum Gasteiger partial charge on any atom is 0.393 e. The summed E-state index contributed by atoms with van der Waals surface area (Å²) < 4.78 is 69.5. The van der Waals surface area contributed by atoms with Crippen LogP contribution in [0.1, 0.15) is 31.9 Å². The van der Waals surface area contributed by atoms with Crippen molar-refractivity contribution in [1.29, 1.82) is 0 Å². The van der Waals surface area contributed by atoms with Gasteiger partial charge in [0.15, 0.2) is 0 Å². The molecule has 0 spiro atoms. The number of rotatable bonds is 5. The standard InChI is InChI=1S/C20H21ClF3N3O3S/c1-5-25-31(29,30)16-13(10-20(22,23)24)14-17(27(4)18(28)19(14,2)3)26-15(16)11-6-8-12(21)9-7-11/h6-9,25H,5,10H2,1-4H3. The lowest BCUT2D eigenvalue weighted by Crippen LogP contribution is -2.34. The van der Waals surface area contributed by atoms with Gasteiger partial charge in [0.2, 0.25) is 15.9 Å². The number of hydrogen-bond acceptors (Lipinski definition) is 4. The third kappa shape index (κ3) is 4.16. The van der Waals surface area contributed by atoms with E-state index in [0.29, 0.717) is 5.02 Å². The number of anilines is 1. The van der Waals surface area contributed by atoms with Crippen LogP contribution >= 0.6 is 11.6 Å². The number of sulfonamides is 1. The van der Waals surface area contributed by atoms with Gasteiger partial charge in [-0.3, -0.25) is 9.69 Å². The summed E-state index contributed by atoms with van der Waals surface area (Å²) in [4.78, 5) is 17.8. The van der Waals surface area contributed by atoms with Crippen LogP contribution in [0.4, 0.5) is 19.0 Å². The first kappa shape index (κ1) is 23.5. The summed E-state index contributed by atoms with van der Waals surface area (Å²) in [5.74, 6) is -0.465. The average molecular weight is 476 g/mol. The summed E-state index contributed by atoms with van der Waals surface area (Å²) in [7, 11) is -2.98. The van der Waals surface area contributed by atoms with Gasteiger partial charge in [0.25, 0.3) is 0 Å². The van der Waals surface area contributed by atoms with Gasteiger partial charge >= 0.3 is 6.18 Å². The number of halogens is 4. The number of nitrogens with one attached hydrogen (secondary N) is 1. The number of fused-ring (bicyclic) bond motifs is 1. The molecule has 0 atom stereocenters. The van der Waals surface area contributed by atoms with E-state index in [1.165, 1.54) is 52.1 Å². The number of carbonyl (C=O) groups is 1. The number of pyridine rings is 1. The summed E-state index contributed by atoms with van der Waals surface area (Å²) in [5.41, 5.74) is -1.81. The summed E-state index contributed by atoms with van der Waals surface area (Å²) >= 11 is 5.92. The quantitative estimate of drug-likeness (QED) is 0.707. The number of hydrogen-bond donors (Lipinski definition) is 1. The SMILES string of the molecule is CCNS(=O)(=O)c1c(-c2ccc(Cl)cc2)nc2c(c1CC(F)(F)F)C(C)(C)C(=O)N2C. The Hall–Kier alpha value is -2.17. The Kier molecular flexibility index (Phi) is 5.88. The topological polar surface area (TPSA) is 79.4 Å². The number of alkyl halides is 3. The second-order valence-corrected chi connectivity index (χ2v) is 9.90. The van der Waals surface area contributed by atoms with Crippen LogP contribution in [0.25, 0.3) is 11.3 Å². The van der Waals surface area contributed by atoms with Gasteiger partial charge in [0.1, 0.15) is 10.7 Å². The Morgan fingerprint density at radius 2 is 1.77 bits per heavy atom. The molecule has 1 aliphatic rings. The molecule has 0 radical (unpaired) electrons. The minimum absolute atomic E-state index is 0.00893. The molecule has 0 bridgehead atoms. The average Bonchev–Trinajstić information content (AvgIpc) is 2.81. The van der Waals surface area contributed by atoms with Crippen molar-refractivity contribution >= 4 is 33.3 Å². The Morgan fingerprint density at radius 3 is 2.29 bits per heavy atom. The third-order valence-corrected chi connectivity index (χ3v) is 7.01. The molecule has 6 nitrogen and oxygen atoms in total. The van der Waals surface area contributed by atoms with Crippen LogP contribution in [0.3, 0.4) is 0 Å². The number of aromatic nitrogens is 1. The van der Waals surface area contributed by atoms with Gasteiger partial charge < -0.3 is 0 Å². The highest BCUT2D eigenvalue weighted by atomic mass is 35.5. The van der Waals surface area contributed by atoms with Gasteiger partial charge in [-0.1, -0.05) is 30.7 Å². The van der Waals surface area contributed by atoms with E-state index in [1.54, 1.807) is 0 Å². The third-order valence-electron chi connectivity index (χ3n) is 5.11. The van der Waals surface area contributed by atoms with Crippen molar-refractivity contribution in [3.63, 3.8) is 0 Å². The van der Waals surface area contributed by atoms with Crippen LogP contribution in [-0.2, 0) is 26.7 Å². The summed E-state index contributed by atoms with van der Waals surface area (Å²) in [6.45, 7) is 4.41. The highest BCUT2D eigenvalue weighted by Crippen LogP contribution is 2.47. The summed E-state index contributed by atoms with van der Waals surface area (Å²) in [5, 5.41) is 0.366. The first-order chi connectivity index (χ1) is 14.2. The van der Waals surface area contributed by atoms with Gasteiger partial charge in [-0.15, -0.1) is 0 Å². The molecule has 0 fully saturated rings. The molecule has 1 aromatic heterocycles. The van der Waals surface area contributed by atoms with E-state index >= 15 is 0 Å². The molecule has 1 aromatic carbocycles. The predicted octanol–water partition coefficient (Wildman–Crippen LogP) is 4.06. The first-order valence-corrected chi connectivity index (χ1v) is 11.2. The Balaban J connectivity index is 2.52. The smallest absolute Gasteiger partial charge is 0.299 e. The van der Waals surface area contributed by atoms with Crippen molar-refractivity contribution in [2.24, 2.45) is 0 Å². The molecule has 1 N–H and O–H groups in total. The van der Waals surface area contributed by atoms with Crippen LogP contribution in [-0.4, -0.2) is 39.1 Å². The van der Waals surface area contributed by atoms with Crippen molar-refractivity contribution < 1.29 is 26.4 Å². The van der Waals surface area contributed by atoms with Gasteiger partial charge in [0, 0.05) is 29.7 Å². The Labute approximate surface area is 183 Å². The van der Waals surface area contributed by atoms with Crippen LogP contribution in [0, 0.1) is 0 Å². The van der Waals surface area contributed by atoms with Crippen LogP contribution in [0.2, 0.25) is 5.02 Å². The van der Waals surface area contributed by atoms with Crippen molar-refractivity contribution in [3.05, 3.63) is 40.4 Å². The number of amides is 1. The van der Waals surface area contributed by atoms with E-state index in [1.807, 2.05) is 0 Å². The normalized spacial score (nSPS) is 16.0. The van der Waals surface area contributed by atoms with Crippen molar-refractivity contribution in [2.45, 2.75) is 43.7 Å². The fourth-order valence-electron chi connectivity index (χ4n) is 3.85. The van der Waals surface area contributed by atoms with E-state index in [2.05, 4.69) is 9.71 Å². The highest BCUT2D eigenvalue weighted by Gasteiger charge is 2.49. The predicted molar refractivity (Wildman–Crippen MR) is 112 cm³/mol. The van der Waals surface area contributed by atoms with Crippen molar-refractivity contribution in [1.82, 2.24) is 9.71 Å². The zero-order chi connectivity index (χ0) is 23.4. The van der Waals surface area contributed by atoms with Gasteiger partial charge in [-0.05, 0) is 31.5 Å². The molecule has 2 aromatic rings. The molecule has 0 unspecified atom stereocenters. The summed E-state index contributed by atoms with van der Waals surface area (Å²) in [6.07, 6.45) is -6.24. The van der Waals surface area contributed by atoms with Gasteiger partial charge in [-0.2, -0.15) is 13.2 Å². The van der Waals surface area contributed by atoms with E-state index in [9.17, 15) is 26.4 Å². The minimum atomic E-state index is -4.72. The Morgan fingerprint density at radius 1 is 1.19 bits per heavy atom. The molecular formula is C20H21ClF3N3O3S. The molecule has 1 amide bonds. The molecule has 11 heteroatoms. The lowest BCUT2D eigenvalue weighted by molar-refractivity contribution is -0.128. The molecule has 0 saturated heterocycles. The molecule has 168 valence electrons. The Bertz CT molecular complexity index is 1150. The van der Waals surface area contributed by atoms with Crippen LogP contribution < -0.4 is 9.62 Å². The number of likely N-dealkylation sites (N-methyl/N-ethyl adjacent to an activating group) is 1. The fraction of sp³-hybridized carbons (Fsp3) is 0.400. The maximum absolute atomic E-state index is 13.6. The molecule has 31 heavy (non-hydrogen) atoms. The van der Waals surface area contributed by atoms with Gasteiger partial charge in [-0.25, -0.2) is 18.1 Å². The molecule has 3 rings (SSSR count). The monoisotopic (exact) mass is 475 g/mol. The largest absolute Gasteiger partial charge is 0.393 e. The van der Waals surface area contributed by atoms with E-state index in [0.717, 1.165) is 4.90 Å². The number of nitrogens with zero attached hydrogens (tertiary/aromatic N) is 2. The highest BCUT2D eigenvalue weighted by molar-refractivity contribution is 7.89. The second-order valence-electron chi connectivity index (χ2n) is 7.76. The molecule has 0 saturated carbocycles. The molecule has 1 aliphatic heterocycles. The molecule has 2 heterocycles. The van der Waals surface area contributed by atoms with Crippen LogP contribution in [0.15, 0.2) is 29.2 Å².